The average molecular weight is 455 g/mol. The highest BCUT2D eigenvalue weighted by Gasteiger charge is 2.29. The molecule has 6 nitrogen and oxygen atoms in total. The van der Waals surface area contributed by atoms with Crippen LogP contribution in [0.4, 0.5) is 0 Å². The van der Waals surface area contributed by atoms with Crippen molar-refractivity contribution in [2.75, 3.05) is 14.2 Å². The number of nitrogens with zero attached hydrogens (tertiary/aromatic N) is 1. The third-order valence-corrected chi connectivity index (χ3v) is 6.06. The predicted octanol–water partition coefficient (Wildman–Crippen LogP) is 4.67. The van der Waals surface area contributed by atoms with Crippen LogP contribution in [0, 0.1) is 6.92 Å². The zero-order valence-corrected chi connectivity index (χ0v) is 20.8. The van der Waals surface area contributed by atoms with Gasteiger partial charge in [-0.05, 0) is 61.9 Å². The van der Waals surface area contributed by atoms with Crippen molar-refractivity contribution in [1.82, 2.24) is 10.2 Å². The minimum absolute atomic E-state index is 0.0424. The summed E-state index contributed by atoms with van der Waals surface area (Å²) in [5.74, 6) is 1.15. The second kappa shape index (κ2) is 12.9. The van der Waals surface area contributed by atoms with Crippen LogP contribution in [0.5, 0.6) is 11.5 Å². The number of nitrogens with one attached hydrogen (secondary N) is 1. The van der Waals surface area contributed by atoms with E-state index in [0.29, 0.717) is 37.3 Å². The van der Waals surface area contributed by atoms with E-state index in [-0.39, 0.29) is 17.9 Å². The summed E-state index contributed by atoms with van der Waals surface area (Å²) in [6.45, 7) is 8.40. The first-order valence-corrected chi connectivity index (χ1v) is 11.7. The van der Waals surface area contributed by atoms with Gasteiger partial charge in [0.05, 0.1) is 14.2 Å². The fourth-order valence-electron chi connectivity index (χ4n) is 3.76. The van der Waals surface area contributed by atoms with Crippen LogP contribution >= 0.6 is 0 Å². The first-order valence-electron chi connectivity index (χ1n) is 11.7. The quantitative estimate of drug-likeness (QED) is 0.506. The molecule has 6 heteroatoms. The van der Waals surface area contributed by atoms with Gasteiger partial charge in [-0.15, -0.1) is 0 Å². The summed E-state index contributed by atoms with van der Waals surface area (Å²) in [5.41, 5.74) is 3.13. The molecule has 0 aliphatic carbocycles. The number of benzene rings is 2. The van der Waals surface area contributed by atoms with Gasteiger partial charge in [-0.2, -0.15) is 0 Å². The number of ether oxygens (including phenoxy) is 2. The number of methoxy groups -OCH3 is 2. The zero-order valence-electron chi connectivity index (χ0n) is 20.8. The molecule has 0 saturated heterocycles. The number of hydrogen-bond acceptors (Lipinski definition) is 4. The van der Waals surface area contributed by atoms with E-state index in [9.17, 15) is 9.59 Å². The lowest BCUT2D eigenvalue weighted by Gasteiger charge is -2.32. The van der Waals surface area contributed by atoms with Crippen LogP contribution in [0.1, 0.15) is 56.7 Å². The van der Waals surface area contributed by atoms with E-state index in [1.807, 2.05) is 70.2 Å². The highest BCUT2D eigenvalue weighted by molar-refractivity contribution is 5.88. The topological polar surface area (TPSA) is 67.9 Å². The van der Waals surface area contributed by atoms with Crippen molar-refractivity contribution in [2.24, 2.45) is 0 Å². The van der Waals surface area contributed by atoms with Gasteiger partial charge in [0, 0.05) is 19.0 Å². The Morgan fingerprint density at radius 2 is 1.70 bits per heavy atom. The average Bonchev–Trinajstić information content (AvgIpc) is 2.83. The Hall–Kier alpha value is -3.02. The molecule has 0 heterocycles. The maximum atomic E-state index is 13.5. The number of aryl methyl sites for hydroxylation is 2. The van der Waals surface area contributed by atoms with Crippen molar-refractivity contribution >= 4 is 11.8 Å². The molecular weight excluding hydrogens is 416 g/mol. The maximum absolute atomic E-state index is 13.5. The molecule has 2 aromatic carbocycles. The van der Waals surface area contributed by atoms with Crippen LogP contribution in [0.25, 0.3) is 0 Å². The monoisotopic (exact) mass is 454 g/mol. The van der Waals surface area contributed by atoms with Crippen molar-refractivity contribution in [3.63, 3.8) is 0 Å². The number of amides is 2. The smallest absolute Gasteiger partial charge is 0.243 e. The van der Waals surface area contributed by atoms with E-state index in [2.05, 4.69) is 5.32 Å². The standard InChI is InChI=1S/C27H38N2O4/c1-7-20(4)28-27(31)23(8-2)29(18-22-12-10-9-11-19(22)3)26(30)16-14-21-13-15-24(32-5)25(17-21)33-6/h9-13,15,17,20,23H,7-8,14,16,18H2,1-6H3,(H,28,31)/t20-,23-/m1/s1. The van der Waals surface area contributed by atoms with Crippen molar-refractivity contribution < 1.29 is 19.1 Å². The lowest BCUT2D eigenvalue weighted by molar-refractivity contribution is -0.141. The van der Waals surface area contributed by atoms with Gasteiger partial charge in [0.2, 0.25) is 11.8 Å². The summed E-state index contributed by atoms with van der Waals surface area (Å²) in [7, 11) is 3.19. The zero-order chi connectivity index (χ0) is 24.4. The molecule has 0 aliphatic heterocycles. The summed E-state index contributed by atoms with van der Waals surface area (Å²) in [6.07, 6.45) is 2.24. The Morgan fingerprint density at radius 3 is 2.30 bits per heavy atom. The van der Waals surface area contributed by atoms with Crippen molar-refractivity contribution in [2.45, 2.75) is 72.0 Å². The Balaban J connectivity index is 2.25. The van der Waals surface area contributed by atoms with Gasteiger partial charge in [-0.3, -0.25) is 9.59 Å². The summed E-state index contributed by atoms with van der Waals surface area (Å²) >= 11 is 0. The Labute approximate surface area is 198 Å². The van der Waals surface area contributed by atoms with Crippen molar-refractivity contribution in [1.29, 1.82) is 0 Å². The van der Waals surface area contributed by atoms with Gasteiger partial charge in [-0.25, -0.2) is 0 Å². The highest BCUT2D eigenvalue weighted by atomic mass is 16.5. The highest BCUT2D eigenvalue weighted by Crippen LogP contribution is 2.28. The van der Waals surface area contributed by atoms with Gasteiger partial charge in [0.25, 0.3) is 0 Å². The van der Waals surface area contributed by atoms with Gasteiger partial charge < -0.3 is 19.7 Å². The second-order valence-electron chi connectivity index (χ2n) is 8.38. The largest absolute Gasteiger partial charge is 0.493 e. The molecule has 180 valence electrons. The Morgan fingerprint density at radius 1 is 1.00 bits per heavy atom. The molecule has 2 aromatic rings. The molecule has 0 spiro atoms. The van der Waals surface area contributed by atoms with E-state index in [4.69, 9.17) is 9.47 Å². The van der Waals surface area contributed by atoms with Crippen LogP contribution in [0.3, 0.4) is 0 Å². The molecule has 2 rings (SSSR count). The SMILES string of the molecule is CC[C@@H](C)NC(=O)[C@@H](CC)N(Cc1ccccc1C)C(=O)CCc1ccc(OC)c(OC)c1. The maximum Gasteiger partial charge on any atom is 0.243 e. The van der Waals surface area contributed by atoms with Crippen LogP contribution in [0.15, 0.2) is 42.5 Å². The molecule has 0 bridgehead atoms. The minimum Gasteiger partial charge on any atom is -0.493 e. The molecule has 0 aliphatic rings. The first-order chi connectivity index (χ1) is 15.8. The van der Waals surface area contributed by atoms with E-state index in [1.165, 1.54) is 0 Å². The fourth-order valence-corrected chi connectivity index (χ4v) is 3.76. The second-order valence-corrected chi connectivity index (χ2v) is 8.38. The summed E-state index contributed by atoms with van der Waals surface area (Å²) < 4.78 is 10.7. The van der Waals surface area contributed by atoms with Crippen LogP contribution in [-0.4, -0.2) is 43.0 Å². The van der Waals surface area contributed by atoms with E-state index in [1.54, 1.807) is 19.1 Å². The normalized spacial score (nSPS) is 12.5. The summed E-state index contributed by atoms with van der Waals surface area (Å²) in [6, 6.07) is 13.2. The summed E-state index contributed by atoms with van der Waals surface area (Å²) in [5, 5.41) is 3.05. The molecule has 33 heavy (non-hydrogen) atoms. The molecule has 0 fully saturated rings. The molecule has 0 saturated carbocycles. The summed E-state index contributed by atoms with van der Waals surface area (Å²) in [4.78, 5) is 28.3. The Kier molecular flexibility index (Phi) is 10.2. The number of hydrogen-bond donors (Lipinski definition) is 1. The predicted molar refractivity (Wildman–Crippen MR) is 132 cm³/mol. The van der Waals surface area contributed by atoms with Crippen LogP contribution in [0.2, 0.25) is 0 Å². The third-order valence-electron chi connectivity index (χ3n) is 6.06. The number of carbonyl (C=O) groups is 2. The van der Waals surface area contributed by atoms with Gasteiger partial charge in [0.15, 0.2) is 11.5 Å². The molecule has 0 aromatic heterocycles. The third kappa shape index (κ3) is 7.24. The van der Waals surface area contributed by atoms with Crippen LogP contribution in [-0.2, 0) is 22.6 Å². The van der Waals surface area contributed by atoms with Gasteiger partial charge in [-0.1, -0.05) is 44.2 Å². The lowest BCUT2D eigenvalue weighted by Crippen LogP contribution is -2.50. The van der Waals surface area contributed by atoms with Gasteiger partial charge >= 0.3 is 0 Å². The van der Waals surface area contributed by atoms with E-state index in [0.717, 1.165) is 23.1 Å². The first kappa shape index (κ1) is 26.2. The lowest BCUT2D eigenvalue weighted by atomic mass is 10.0. The molecule has 2 atom stereocenters. The van der Waals surface area contributed by atoms with Crippen molar-refractivity contribution in [3.05, 3.63) is 59.2 Å². The Bertz CT molecular complexity index is 928. The van der Waals surface area contributed by atoms with Crippen LogP contribution < -0.4 is 14.8 Å². The van der Waals surface area contributed by atoms with Gasteiger partial charge in [0.1, 0.15) is 6.04 Å². The van der Waals surface area contributed by atoms with Crippen molar-refractivity contribution in [3.8, 4) is 11.5 Å². The molecule has 2 amide bonds. The van der Waals surface area contributed by atoms with E-state index >= 15 is 0 Å². The van der Waals surface area contributed by atoms with E-state index < -0.39 is 6.04 Å². The fraction of sp³-hybridized carbons (Fsp3) is 0.481. The molecular formula is C27H38N2O4. The molecule has 0 radical (unpaired) electrons. The molecule has 1 N–H and O–H groups in total. The number of carbonyl (C=O) groups excluding carboxylic acids is 2. The number of rotatable bonds is 12. The molecule has 0 unspecified atom stereocenters. The minimum atomic E-state index is -0.517.